The maximum atomic E-state index is 13.7. The van der Waals surface area contributed by atoms with Gasteiger partial charge in [0.25, 0.3) is 0 Å². The van der Waals surface area contributed by atoms with Crippen LogP contribution < -0.4 is 9.62 Å². The fourth-order valence-corrected chi connectivity index (χ4v) is 5.49. The summed E-state index contributed by atoms with van der Waals surface area (Å²) in [6, 6.07) is 9.49. The van der Waals surface area contributed by atoms with Crippen LogP contribution in [0.25, 0.3) is 0 Å². The Kier molecular flexibility index (Phi) is 9.69. The number of hydrogen-bond donors (Lipinski definition) is 1. The first-order valence-electron chi connectivity index (χ1n) is 12.3. The molecule has 3 rings (SSSR count). The predicted octanol–water partition coefficient (Wildman–Crippen LogP) is 4.99. The lowest BCUT2D eigenvalue weighted by Crippen LogP contribution is -2.53. The third-order valence-electron chi connectivity index (χ3n) is 6.49. The average molecular weight is 574 g/mol. The molecule has 1 atom stereocenters. The van der Waals surface area contributed by atoms with Crippen LogP contribution in [0.5, 0.6) is 0 Å². The van der Waals surface area contributed by atoms with Crippen molar-refractivity contribution in [2.24, 2.45) is 0 Å². The summed E-state index contributed by atoms with van der Waals surface area (Å²) in [4.78, 5) is 28.2. The van der Waals surface area contributed by atoms with Crippen LogP contribution in [0.4, 0.5) is 18.9 Å². The molecule has 1 fully saturated rings. The number of nitrogens with one attached hydrogen (secondary N) is 1. The van der Waals surface area contributed by atoms with Gasteiger partial charge < -0.3 is 10.2 Å². The number of anilines is 1. The van der Waals surface area contributed by atoms with E-state index in [1.54, 1.807) is 31.2 Å². The fraction of sp³-hybridized carbons (Fsp3) is 0.462. The minimum Gasteiger partial charge on any atom is -0.352 e. The van der Waals surface area contributed by atoms with Crippen LogP contribution in [-0.4, -0.2) is 50.0 Å². The molecule has 1 saturated carbocycles. The Balaban J connectivity index is 1.95. The first-order valence-corrected chi connectivity index (χ1v) is 14.5. The highest BCUT2D eigenvalue weighted by Gasteiger charge is 2.35. The second kappa shape index (κ2) is 12.4. The SMILES string of the molecule is CCC(C(=O)NC1CCCC1)N(Cc1ccc(Cl)cc1)C(=O)CN(c1cccc(C(F)(F)F)c1)S(C)(=O)=O. The molecule has 0 bridgehead atoms. The van der Waals surface area contributed by atoms with Crippen molar-refractivity contribution in [2.45, 2.75) is 63.8 Å². The van der Waals surface area contributed by atoms with Gasteiger partial charge in [-0.15, -0.1) is 0 Å². The van der Waals surface area contributed by atoms with Gasteiger partial charge in [0.2, 0.25) is 21.8 Å². The normalized spacial score (nSPS) is 15.2. The summed E-state index contributed by atoms with van der Waals surface area (Å²) in [6.07, 6.45) is 0.0320. The molecule has 1 unspecified atom stereocenters. The van der Waals surface area contributed by atoms with Crippen LogP contribution in [-0.2, 0) is 32.3 Å². The molecular weight excluding hydrogens is 543 g/mol. The zero-order valence-electron chi connectivity index (χ0n) is 21.2. The molecule has 0 aliphatic heterocycles. The van der Waals surface area contributed by atoms with Crippen LogP contribution in [0.1, 0.15) is 50.2 Å². The molecule has 0 aromatic heterocycles. The molecule has 1 N–H and O–H groups in total. The number of carbonyl (C=O) groups excluding carboxylic acids is 2. The summed E-state index contributed by atoms with van der Waals surface area (Å²) in [7, 11) is -4.16. The van der Waals surface area contributed by atoms with Crippen molar-refractivity contribution in [2.75, 3.05) is 17.1 Å². The largest absolute Gasteiger partial charge is 0.416 e. The fourth-order valence-electron chi connectivity index (χ4n) is 4.52. The minimum atomic E-state index is -4.70. The molecule has 7 nitrogen and oxygen atoms in total. The van der Waals surface area contributed by atoms with E-state index in [-0.39, 0.29) is 30.6 Å². The number of benzene rings is 2. The maximum absolute atomic E-state index is 13.7. The highest BCUT2D eigenvalue weighted by Crippen LogP contribution is 2.32. The van der Waals surface area contributed by atoms with Crippen molar-refractivity contribution in [1.29, 1.82) is 0 Å². The van der Waals surface area contributed by atoms with Crippen LogP contribution >= 0.6 is 11.6 Å². The summed E-state index contributed by atoms with van der Waals surface area (Å²) < 4.78 is 65.8. The molecule has 2 amide bonds. The molecule has 2 aromatic carbocycles. The number of alkyl halides is 3. The molecule has 0 saturated heterocycles. The van der Waals surface area contributed by atoms with E-state index in [0.29, 0.717) is 21.0 Å². The summed E-state index contributed by atoms with van der Waals surface area (Å²) in [6.45, 7) is 0.940. The third kappa shape index (κ3) is 7.86. The summed E-state index contributed by atoms with van der Waals surface area (Å²) in [5.41, 5.74) is -0.693. The van der Waals surface area contributed by atoms with E-state index in [1.807, 2.05) is 0 Å². The van der Waals surface area contributed by atoms with Gasteiger partial charge in [-0.05, 0) is 55.2 Å². The predicted molar refractivity (Wildman–Crippen MR) is 140 cm³/mol. The molecule has 0 radical (unpaired) electrons. The Morgan fingerprint density at radius 2 is 1.74 bits per heavy atom. The van der Waals surface area contributed by atoms with Crippen molar-refractivity contribution in [3.63, 3.8) is 0 Å². The monoisotopic (exact) mass is 573 g/mol. The van der Waals surface area contributed by atoms with Gasteiger partial charge >= 0.3 is 6.18 Å². The minimum absolute atomic E-state index is 0.00154. The standard InChI is InChI=1S/C26H31ClF3N3O4S/c1-3-23(25(35)31-21-8-4-5-9-21)32(16-18-11-13-20(27)14-12-18)24(34)17-33(38(2,36)37)22-10-6-7-19(15-22)26(28,29)30/h6-7,10-15,21,23H,3-5,8-9,16-17H2,1-2H3,(H,31,35). The van der Waals surface area contributed by atoms with E-state index in [1.165, 1.54) is 11.0 Å². The van der Waals surface area contributed by atoms with Gasteiger partial charge in [0.1, 0.15) is 12.6 Å². The molecule has 0 spiro atoms. The molecule has 2 aromatic rings. The Morgan fingerprint density at radius 1 is 1.11 bits per heavy atom. The van der Waals surface area contributed by atoms with Gasteiger partial charge in [0, 0.05) is 17.6 Å². The quantitative estimate of drug-likeness (QED) is 0.434. The van der Waals surface area contributed by atoms with Crippen molar-refractivity contribution in [3.05, 3.63) is 64.7 Å². The number of sulfonamides is 1. The van der Waals surface area contributed by atoms with Gasteiger partial charge in [-0.25, -0.2) is 8.42 Å². The number of halogens is 4. The van der Waals surface area contributed by atoms with E-state index < -0.39 is 40.3 Å². The summed E-state index contributed by atoms with van der Waals surface area (Å²) in [5.74, 6) is -1.08. The van der Waals surface area contributed by atoms with Crippen molar-refractivity contribution >= 4 is 39.1 Å². The van der Waals surface area contributed by atoms with Crippen molar-refractivity contribution < 1.29 is 31.2 Å². The van der Waals surface area contributed by atoms with Gasteiger partial charge in [-0.3, -0.25) is 13.9 Å². The molecule has 12 heteroatoms. The van der Waals surface area contributed by atoms with Gasteiger partial charge in [0.05, 0.1) is 17.5 Å². The summed E-state index contributed by atoms with van der Waals surface area (Å²) in [5, 5.41) is 3.47. The van der Waals surface area contributed by atoms with Crippen LogP contribution in [0, 0.1) is 0 Å². The van der Waals surface area contributed by atoms with Gasteiger partial charge in [-0.2, -0.15) is 13.2 Å². The Bertz CT molecular complexity index is 1230. The average Bonchev–Trinajstić information content (AvgIpc) is 3.35. The first-order chi connectivity index (χ1) is 17.8. The first kappa shape index (κ1) is 29.8. The molecule has 208 valence electrons. The van der Waals surface area contributed by atoms with E-state index >= 15 is 0 Å². The Labute approximate surface area is 226 Å². The maximum Gasteiger partial charge on any atom is 0.416 e. The van der Waals surface area contributed by atoms with Crippen LogP contribution in [0.15, 0.2) is 48.5 Å². The number of rotatable bonds is 10. The van der Waals surface area contributed by atoms with Crippen LogP contribution in [0.2, 0.25) is 5.02 Å². The molecular formula is C26H31ClF3N3O4S. The molecule has 0 heterocycles. The second-order valence-electron chi connectivity index (χ2n) is 9.38. The molecule has 1 aliphatic carbocycles. The number of carbonyl (C=O) groups is 2. The number of hydrogen-bond acceptors (Lipinski definition) is 4. The van der Waals surface area contributed by atoms with Gasteiger partial charge in [-0.1, -0.05) is 49.6 Å². The van der Waals surface area contributed by atoms with Crippen molar-refractivity contribution in [1.82, 2.24) is 10.2 Å². The van der Waals surface area contributed by atoms with Gasteiger partial charge in [0.15, 0.2) is 0 Å². The molecule has 1 aliphatic rings. The summed E-state index contributed by atoms with van der Waals surface area (Å²) >= 11 is 5.98. The van der Waals surface area contributed by atoms with E-state index in [2.05, 4.69) is 5.32 Å². The topological polar surface area (TPSA) is 86.8 Å². The van der Waals surface area contributed by atoms with E-state index in [0.717, 1.165) is 44.1 Å². The lowest BCUT2D eigenvalue weighted by atomic mass is 10.1. The third-order valence-corrected chi connectivity index (χ3v) is 7.89. The Morgan fingerprint density at radius 3 is 2.29 bits per heavy atom. The number of nitrogens with zero attached hydrogens (tertiary/aromatic N) is 2. The highest BCUT2D eigenvalue weighted by molar-refractivity contribution is 7.92. The van der Waals surface area contributed by atoms with E-state index in [4.69, 9.17) is 11.6 Å². The Hall–Kier alpha value is -2.79. The smallest absolute Gasteiger partial charge is 0.352 e. The lowest BCUT2D eigenvalue weighted by Gasteiger charge is -2.33. The zero-order valence-corrected chi connectivity index (χ0v) is 22.7. The number of amides is 2. The zero-order chi connectivity index (χ0) is 28.1. The van der Waals surface area contributed by atoms with Crippen LogP contribution in [0.3, 0.4) is 0 Å². The van der Waals surface area contributed by atoms with E-state index in [9.17, 15) is 31.2 Å². The molecule has 38 heavy (non-hydrogen) atoms. The highest BCUT2D eigenvalue weighted by atomic mass is 35.5. The lowest BCUT2D eigenvalue weighted by molar-refractivity contribution is -0.140. The van der Waals surface area contributed by atoms with Crippen molar-refractivity contribution in [3.8, 4) is 0 Å². The second-order valence-corrected chi connectivity index (χ2v) is 11.7.